The third-order valence-electron chi connectivity index (χ3n) is 1.90. The minimum atomic E-state index is -2.21. The standard InChI is InChI=1S/C9H9NO3S.Na/c1-2-9-10-7-5-6(14(11)12)3-4-8(7)13-9;/h3-5H,2H2,1H3,(H,11,12);/q;+1/p-1. The molecule has 15 heavy (non-hydrogen) atoms. The fourth-order valence-corrected chi connectivity index (χ4v) is 1.60. The van der Waals surface area contributed by atoms with Gasteiger partial charge in [0.2, 0.25) is 0 Å². The number of aryl methyl sites for hydroxylation is 1. The summed E-state index contributed by atoms with van der Waals surface area (Å²) in [5, 5.41) is 0. The molecule has 0 saturated heterocycles. The van der Waals surface area contributed by atoms with E-state index < -0.39 is 11.1 Å². The van der Waals surface area contributed by atoms with Gasteiger partial charge in [0.1, 0.15) is 5.52 Å². The molecule has 0 spiro atoms. The Morgan fingerprint density at radius 2 is 2.27 bits per heavy atom. The van der Waals surface area contributed by atoms with Crippen molar-refractivity contribution in [2.75, 3.05) is 0 Å². The molecule has 1 atom stereocenters. The minimum Gasteiger partial charge on any atom is -0.768 e. The van der Waals surface area contributed by atoms with Crippen LogP contribution < -0.4 is 29.6 Å². The van der Waals surface area contributed by atoms with Crippen LogP contribution in [0.2, 0.25) is 0 Å². The zero-order valence-corrected chi connectivity index (χ0v) is 11.3. The number of aromatic nitrogens is 1. The number of hydrogen-bond donors (Lipinski definition) is 0. The molecule has 0 aliphatic heterocycles. The van der Waals surface area contributed by atoms with Gasteiger partial charge in [0.05, 0.1) is 0 Å². The fraction of sp³-hybridized carbons (Fsp3) is 0.222. The van der Waals surface area contributed by atoms with E-state index in [1.165, 1.54) is 12.1 Å². The van der Waals surface area contributed by atoms with Gasteiger partial charge in [-0.05, 0) is 29.3 Å². The van der Waals surface area contributed by atoms with Crippen molar-refractivity contribution in [2.45, 2.75) is 18.2 Å². The molecule has 0 fully saturated rings. The summed E-state index contributed by atoms with van der Waals surface area (Å²) >= 11 is -2.21. The monoisotopic (exact) mass is 233 g/mol. The van der Waals surface area contributed by atoms with E-state index in [2.05, 4.69) is 4.98 Å². The molecule has 1 aromatic carbocycles. The van der Waals surface area contributed by atoms with Crippen molar-refractivity contribution >= 4 is 22.2 Å². The topological polar surface area (TPSA) is 66.2 Å². The van der Waals surface area contributed by atoms with E-state index in [4.69, 9.17) is 4.42 Å². The quantitative estimate of drug-likeness (QED) is 0.474. The van der Waals surface area contributed by atoms with Crippen LogP contribution in [0.25, 0.3) is 11.1 Å². The molecule has 1 unspecified atom stereocenters. The number of hydrogen-bond acceptors (Lipinski definition) is 4. The van der Waals surface area contributed by atoms with Gasteiger partial charge in [-0.2, -0.15) is 0 Å². The summed E-state index contributed by atoms with van der Waals surface area (Å²) in [7, 11) is 0. The Balaban J connectivity index is 0.00000112. The molecule has 2 rings (SSSR count). The van der Waals surface area contributed by atoms with Crippen molar-refractivity contribution in [3.8, 4) is 0 Å². The van der Waals surface area contributed by atoms with Crippen LogP contribution >= 0.6 is 0 Å². The fourth-order valence-electron chi connectivity index (χ4n) is 1.21. The van der Waals surface area contributed by atoms with Gasteiger partial charge in [-0.15, -0.1) is 0 Å². The molecule has 0 radical (unpaired) electrons. The normalized spacial score (nSPS) is 12.4. The predicted octanol–water partition coefficient (Wildman–Crippen LogP) is -1.37. The molecular formula is C9H8NNaO3S. The van der Waals surface area contributed by atoms with Gasteiger partial charge in [-0.25, -0.2) is 4.98 Å². The first-order valence-corrected chi connectivity index (χ1v) is 5.27. The summed E-state index contributed by atoms with van der Waals surface area (Å²) in [6.07, 6.45) is 0.699. The van der Waals surface area contributed by atoms with Crippen LogP contribution in [-0.4, -0.2) is 13.7 Å². The van der Waals surface area contributed by atoms with Crippen molar-refractivity contribution in [2.24, 2.45) is 0 Å². The largest absolute Gasteiger partial charge is 1.00 e. The summed E-state index contributed by atoms with van der Waals surface area (Å²) in [6, 6.07) is 4.61. The molecule has 74 valence electrons. The first-order valence-electron chi connectivity index (χ1n) is 4.19. The van der Waals surface area contributed by atoms with Crippen molar-refractivity contribution < 1.29 is 42.7 Å². The van der Waals surface area contributed by atoms with Crippen molar-refractivity contribution in [1.82, 2.24) is 4.98 Å². The van der Waals surface area contributed by atoms with Crippen molar-refractivity contribution in [1.29, 1.82) is 0 Å². The Morgan fingerprint density at radius 3 is 2.87 bits per heavy atom. The molecule has 1 heterocycles. The SMILES string of the molecule is CCc1nc2cc(S(=O)[O-])ccc2o1.[Na+]. The van der Waals surface area contributed by atoms with Crippen LogP contribution in [0.5, 0.6) is 0 Å². The zero-order chi connectivity index (χ0) is 10.1. The second-order valence-corrected chi connectivity index (χ2v) is 3.77. The van der Waals surface area contributed by atoms with E-state index in [0.29, 0.717) is 23.4 Å². The van der Waals surface area contributed by atoms with Gasteiger partial charge in [0, 0.05) is 11.3 Å². The zero-order valence-electron chi connectivity index (χ0n) is 8.52. The summed E-state index contributed by atoms with van der Waals surface area (Å²) in [5.74, 6) is 0.619. The maximum atomic E-state index is 10.7. The molecule has 4 nitrogen and oxygen atoms in total. The van der Waals surface area contributed by atoms with E-state index >= 15 is 0 Å². The van der Waals surface area contributed by atoms with Crippen LogP contribution in [-0.2, 0) is 17.5 Å². The van der Waals surface area contributed by atoms with Gasteiger partial charge in [0.25, 0.3) is 0 Å². The Kier molecular flexibility index (Phi) is 4.48. The second-order valence-electron chi connectivity index (χ2n) is 2.83. The van der Waals surface area contributed by atoms with E-state index in [1.54, 1.807) is 6.07 Å². The maximum Gasteiger partial charge on any atom is 1.00 e. The van der Waals surface area contributed by atoms with Gasteiger partial charge in [-0.3, -0.25) is 4.21 Å². The number of nitrogens with zero attached hydrogens (tertiary/aromatic N) is 1. The summed E-state index contributed by atoms with van der Waals surface area (Å²) in [6.45, 7) is 1.93. The third kappa shape index (κ3) is 2.68. The minimum absolute atomic E-state index is 0. The maximum absolute atomic E-state index is 10.7. The second kappa shape index (κ2) is 5.23. The van der Waals surface area contributed by atoms with Crippen molar-refractivity contribution in [3.05, 3.63) is 24.1 Å². The molecule has 2 aromatic rings. The Bertz CT molecular complexity index is 497. The molecule has 0 N–H and O–H groups in total. The first-order chi connectivity index (χ1) is 6.70. The average molecular weight is 233 g/mol. The Labute approximate surface area is 112 Å². The van der Waals surface area contributed by atoms with E-state index in [9.17, 15) is 8.76 Å². The average Bonchev–Trinajstić information content (AvgIpc) is 2.58. The molecule has 0 saturated carbocycles. The van der Waals surface area contributed by atoms with Gasteiger partial charge in [0.15, 0.2) is 11.5 Å². The van der Waals surface area contributed by atoms with Crippen LogP contribution in [0.15, 0.2) is 27.5 Å². The Hall–Kier alpha value is -0.200. The number of fused-ring (bicyclic) bond motifs is 1. The smallest absolute Gasteiger partial charge is 0.768 e. The summed E-state index contributed by atoms with van der Waals surface area (Å²) in [4.78, 5) is 4.36. The van der Waals surface area contributed by atoms with Crippen LogP contribution in [0.4, 0.5) is 0 Å². The molecule has 6 heteroatoms. The molecule has 0 aliphatic carbocycles. The van der Waals surface area contributed by atoms with Crippen LogP contribution in [0, 0.1) is 0 Å². The molecule has 0 amide bonds. The van der Waals surface area contributed by atoms with Crippen LogP contribution in [0.3, 0.4) is 0 Å². The van der Waals surface area contributed by atoms with Gasteiger partial charge in [-0.1, -0.05) is 6.92 Å². The number of rotatable bonds is 2. The Morgan fingerprint density at radius 1 is 1.53 bits per heavy atom. The first kappa shape index (κ1) is 12.9. The third-order valence-corrected chi connectivity index (χ3v) is 2.54. The van der Waals surface area contributed by atoms with E-state index in [-0.39, 0.29) is 34.5 Å². The summed E-state index contributed by atoms with van der Waals surface area (Å²) < 4.78 is 26.7. The van der Waals surface area contributed by atoms with E-state index in [1.807, 2.05) is 6.92 Å². The number of benzene rings is 1. The summed E-state index contributed by atoms with van der Waals surface area (Å²) in [5.41, 5.74) is 1.21. The molecule has 0 bridgehead atoms. The van der Waals surface area contributed by atoms with E-state index in [0.717, 1.165) is 0 Å². The molecule has 0 aliphatic rings. The predicted molar refractivity (Wildman–Crippen MR) is 50.6 cm³/mol. The van der Waals surface area contributed by atoms with Gasteiger partial charge >= 0.3 is 29.6 Å². The molecule has 1 aromatic heterocycles. The van der Waals surface area contributed by atoms with Gasteiger partial charge < -0.3 is 8.97 Å². The molecular weight excluding hydrogens is 225 g/mol. The van der Waals surface area contributed by atoms with Crippen molar-refractivity contribution in [3.63, 3.8) is 0 Å². The van der Waals surface area contributed by atoms with Crippen LogP contribution in [0.1, 0.15) is 12.8 Å². The number of oxazole rings is 1.